The summed E-state index contributed by atoms with van der Waals surface area (Å²) >= 11 is 3.47. The molecule has 2 aliphatic rings. The largest absolute Gasteiger partial charge is 0.352 e. The Bertz CT molecular complexity index is 1210. The molecule has 0 saturated carbocycles. The third-order valence-corrected chi connectivity index (χ3v) is 7.31. The highest BCUT2D eigenvalue weighted by atomic mass is 79.9. The van der Waals surface area contributed by atoms with Gasteiger partial charge in [0.2, 0.25) is 23.5 Å². The lowest BCUT2D eigenvalue weighted by atomic mass is 9.97. The monoisotopic (exact) mass is 551 g/mol. The Hall–Kier alpha value is -3.04. The Kier molecular flexibility index (Phi) is 7.77. The molecule has 2 fully saturated rings. The first-order valence-electron chi connectivity index (χ1n) is 12.5. The molecule has 2 amide bonds. The Morgan fingerprint density at radius 1 is 1.08 bits per heavy atom. The summed E-state index contributed by atoms with van der Waals surface area (Å²) in [5.41, 5.74) is 3.07. The number of rotatable bonds is 8. The number of hydrogen-bond donors (Lipinski definition) is 1. The standard InChI is InChI=1S/C27H30BrN5O3/c28-23-6-1-4-21(14-23)26-30-24(36-31-26)18-32-12-2-5-22(17-32)27(35)29-15-19-8-10-20(11-9-19)16-33-13-3-7-25(33)34/h1,4,6,8-11,14,22H,2-3,5,7,12-13,15-18H2,(H,29,35). The molecule has 0 radical (unpaired) electrons. The predicted octanol–water partition coefficient (Wildman–Crippen LogP) is 4.15. The van der Waals surface area contributed by atoms with Crippen molar-refractivity contribution in [3.8, 4) is 11.4 Å². The van der Waals surface area contributed by atoms with Gasteiger partial charge in [0.15, 0.2) is 0 Å². The molecule has 3 heterocycles. The van der Waals surface area contributed by atoms with Gasteiger partial charge in [-0.3, -0.25) is 14.5 Å². The van der Waals surface area contributed by atoms with Gasteiger partial charge in [-0.2, -0.15) is 4.98 Å². The SMILES string of the molecule is O=C(NCc1ccc(CN2CCCC2=O)cc1)C1CCCN(Cc2nc(-c3cccc(Br)c3)no2)C1. The van der Waals surface area contributed by atoms with Crippen LogP contribution in [0.25, 0.3) is 11.4 Å². The van der Waals surface area contributed by atoms with Crippen molar-refractivity contribution in [3.05, 3.63) is 70.0 Å². The topological polar surface area (TPSA) is 91.6 Å². The maximum atomic E-state index is 12.9. The first kappa shape index (κ1) is 24.6. The van der Waals surface area contributed by atoms with Crippen molar-refractivity contribution in [3.63, 3.8) is 0 Å². The van der Waals surface area contributed by atoms with E-state index in [2.05, 4.69) is 36.3 Å². The van der Waals surface area contributed by atoms with Crippen LogP contribution in [0.2, 0.25) is 0 Å². The zero-order chi connectivity index (χ0) is 24.9. The number of aromatic nitrogens is 2. The third-order valence-electron chi connectivity index (χ3n) is 6.82. The first-order chi connectivity index (χ1) is 17.5. The van der Waals surface area contributed by atoms with Crippen molar-refractivity contribution >= 4 is 27.7 Å². The van der Waals surface area contributed by atoms with Gasteiger partial charge in [-0.05, 0) is 49.1 Å². The Labute approximate surface area is 219 Å². The van der Waals surface area contributed by atoms with Crippen molar-refractivity contribution < 1.29 is 14.1 Å². The molecule has 1 atom stereocenters. The molecule has 2 saturated heterocycles. The minimum Gasteiger partial charge on any atom is -0.352 e. The third kappa shape index (κ3) is 6.20. The Morgan fingerprint density at radius 2 is 1.92 bits per heavy atom. The molecule has 2 aromatic carbocycles. The maximum Gasteiger partial charge on any atom is 0.241 e. The fourth-order valence-electron chi connectivity index (χ4n) is 4.86. The minimum atomic E-state index is -0.0633. The average molecular weight is 552 g/mol. The van der Waals surface area contributed by atoms with Crippen LogP contribution in [-0.2, 0) is 29.2 Å². The van der Waals surface area contributed by atoms with E-state index in [0.717, 1.165) is 53.5 Å². The van der Waals surface area contributed by atoms with Crippen LogP contribution in [0.15, 0.2) is 57.5 Å². The zero-order valence-electron chi connectivity index (χ0n) is 20.2. The van der Waals surface area contributed by atoms with Gasteiger partial charge in [0.25, 0.3) is 0 Å². The summed E-state index contributed by atoms with van der Waals surface area (Å²) in [6, 6.07) is 15.9. The van der Waals surface area contributed by atoms with E-state index in [1.807, 2.05) is 53.4 Å². The molecule has 188 valence electrons. The lowest BCUT2D eigenvalue weighted by Crippen LogP contribution is -2.42. The molecule has 36 heavy (non-hydrogen) atoms. The molecule has 0 bridgehead atoms. The quantitative estimate of drug-likeness (QED) is 0.452. The van der Waals surface area contributed by atoms with Gasteiger partial charge >= 0.3 is 0 Å². The van der Waals surface area contributed by atoms with Crippen molar-refractivity contribution in [2.75, 3.05) is 19.6 Å². The number of likely N-dealkylation sites (tertiary alicyclic amines) is 2. The molecular weight excluding hydrogens is 522 g/mol. The number of piperidine rings is 1. The van der Waals surface area contributed by atoms with Crippen LogP contribution in [0.5, 0.6) is 0 Å². The molecule has 1 N–H and O–H groups in total. The van der Waals surface area contributed by atoms with Gasteiger partial charge in [0.1, 0.15) is 0 Å². The number of carbonyl (C=O) groups is 2. The molecular formula is C27H30BrN5O3. The fourth-order valence-corrected chi connectivity index (χ4v) is 5.26. The molecule has 0 spiro atoms. The van der Waals surface area contributed by atoms with Crippen LogP contribution < -0.4 is 5.32 Å². The van der Waals surface area contributed by atoms with E-state index < -0.39 is 0 Å². The number of halogens is 1. The van der Waals surface area contributed by atoms with Gasteiger partial charge in [-0.25, -0.2) is 0 Å². The van der Waals surface area contributed by atoms with Crippen LogP contribution in [0.4, 0.5) is 0 Å². The minimum absolute atomic E-state index is 0.0633. The van der Waals surface area contributed by atoms with Crippen molar-refractivity contribution in [2.24, 2.45) is 5.92 Å². The summed E-state index contributed by atoms with van der Waals surface area (Å²) in [4.78, 5) is 33.4. The Balaban J connectivity index is 1.10. The molecule has 3 aromatic rings. The van der Waals surface area contributed by atoms with Crippen LogP contribution in [0.3, 0.4) is 0 Å². The molecule has 9 heteroatoms. The van der Waals surface area contributed by atoms with Gasteiger partial charge < -0.3 is 14.7 Å². The lowest BCUT2D eigenvalue weighted by molar-refractivity contribution is -0.128. The molecule has 0 aliphatic carbocycles. The van der Waals surface area contributed by atoms with Crippen LogP contribution in [0.1, 0.15) is 42.7 Å². The van der Waals surface area contributed by atoms with Crippen molar-refractivity contribution in [2.45, 2.75) is 45.3 Å². The van der Waals surface area contributed by atoms with Crippen LogP contribution in [-0.4, -0.2) is 51.4 Å². The fraction of sp³-hybridized carbons (Fsp3) is 0.407. The van der Waals surface area contributed by atoms with E-state index in [1.165, 1.54) is 0 Å². The highest BCUT2D eigenvalue weighted by molar-refractivity contribution is 9.10. The van der Waals surface area contributed by atoms with Gasteiger partial charge in [0, 0.05) is 42.6 Å². The van der Waals surface area contributed by atoms with E-state index in [-0.39, 0.29) is 17.7 Å². The second-order valence-electron chi connectivity index (χ2n) is 9.55. The summed E-state index contributed by atoms with van der Waals surface area (Å²) < 4.78 is 6.44. The summed E-state index contributed by atoms with van der Waals surface area (Å²) in [5.74, 6) is 1.37. The van der Waals surface area contributed by atoms with Crippen LogP contribution >= 0.6 is 15.9 Å². The second kappa shape index (κ2) is 11.3. The van der Waals surface area contributed by atoms with E-state index in [0.29, 0.717) is 44.3 Å². The second-order valence-corrected chi connectivity index (χ2v) is 10.5. The lowest BCUT2D eigenvalue weighted by Gasteiger charge is -2.30. The van der Waals surface area contributed by atoms with Gasteiger partial charge in [-0.1, -0.05) is 57.5 Å². The number of carbonyl (C=O) groups excluding carboxylic acids is 2. The smallest absolute Gasteiger partial charge is 0.241 e. The number of nitrogens with zero attached hydrogens (tertiary/aromatic N) is 4. The molecule has 1 unspecified atom stereocenters. The van der Waals surface area contributed by atoms with E-state index >= 15 is 0 Å². The van der Waals surface area contributed by atoms with E-state index in [4.69, 9.17) is 4.52 Å². The zero-order valence-corrected chi connectivity index (χ0v) is 21.7. The average Bonchev–Trinajstić information content (AvgIpc) is 3.52. The molecule has 5 rings (SSSR count). The molecule has 8 nitrogen and oxygen atoms in total. The number of nitrogens with one attached hydrogen (secondary N) is 1. The van der Waals surface area contributed by atoms with Gasteiger partial charge in [-0.15, -0.1) is 0 Å². The number of hydrogen-bond acceptors (Lipinski definition) is 6. The summed E-state index contributed by atoms with van der Waals surface area (Å²) in [5, 5.41) is 7.21. The summed E-state index contributed by atoms with van der Waals surface area (Å²) in [6.07, 6.45) is 3.43. The van der Waals surface area contributed by atoms with Crippen LogP contribution in [0, 0.1) is 5.92 Å². The normalized spacial score (nSPS) is 18.5. The highest BCUT2D eigenvalue weighted by Gasteiger charge is 2.27. The molecule has 1 aromatic heterocycles. The number of amides is 2. The van der Waals surface area contributed by atoms with E-state index in [9.17, 15) is 9.59 Å². The first-order valence-corrected chi connectivity index (χ1v) is 13.3. The van der Waals surface area contributed by atoms with Crippen molar-refractivity contribution in [1.29, 1.82) is 0 Å². The van der Waals surface area contributed by atoms with E-state index in [1.54, 1.807) is 0 Å². The number of benzene rings is 2. The Morgan fingerprint density at radius 3 is 2.69 bits per heavy atom. The highest BCUT2D eigenvalue weighted by Crippen LogP contribution is 2.23. The van der Waals surface area contributed by atoms with Gasteiger partial charge in [0.05, 0.1) is 12.5 Å². The van der Waals surface area contributed by atoms with Crippen molar-refractivity contribution in [1.82, 2.24) is 25.3 Å². The molecule has 2 aliphatic heterocycles. The summed E-state index contributed by atoms with van der Waals surface area (Å²) in [6.45, 7) is 4.10. The summed E-state index contributed by atoms with van der Waals surface area (Å²) in [7, 11) is 0. The maximum absolute atomic E-state index is 12.9. The predicted molar refractivity (Wildman–Crippen MR) is 138 cm³/mol.